The number of hydrogen-bond acceptors (Lipinski definition) is 7. The average Bonchev–Trinajstić information content (AvgIpc) is 2.64. The van der Waals surface area contributed by atoms with Crippen LogP contribution in [0.15, 0.2) is 36.4 Å². The van der Waals surface area contributed by atoms with Gasteiger partial charge in [-0.15, -0.1) is 0 Å². The van der Waals surface area contributed by atoms with E-state index in [0.717, 1.165) is 19.3 Å². The molecule has 0 atom stereocenters. The van der Waals surface area contributed by atoms with Crippen molar-refractivity contribution >= 4 is 35.1 Å². The van der Waals surface area contributed by atoms with Gasteiger partial charge in [0.05, 0.1) is 12.5 Å². The molecule has 8 nitrogen and oxygen atoms in total. The first-order valence-electron chi connectivity index (χ1n) is 7.96. The number of ether oxygens (including phenoxy) is 2. The standard InChI is InChI=1S/C19H21NO7/c1-12(21)13-5-7-14(8-6-13)20-18(25)17(24)19(2,3)11-27-16(23)10-9-15(22)26-4/h5-10H,11H2,1-4H3,(H,20,25)/b10-9+. The third-order valence-electron chi connectivity index (χ3n) is 3.50. The molecular formula is C19H21NO7. The fraction of sp³-hybridized carbons (Fsp3) is 0.316. The van der Waals surface area contributed by atoms with E-state index in [2.05, 4.69) is 10.1 Å². The first kappa shape index (κ1) is 21.8. The van der Waals surface area contributed by atoms with E-state index < -0.39 is 29.0 Å². The van der Waals surface area contributed by atoms with Crippen LogP contribution in [0.4, 0.5) is 5.69 Å². The van der Waals surface area contributed by atoms with Crippen molar-refractivity contribution in [3.63, 3.8) is 0 Å². The van der Waals surface area contributed by atoms with Crippen molar-refractivity contribution in [3.8, 4) is 0 Å². The highest BCUT2D eigenvalue weighted by Crippen LogP contribution is 2.19. The van der Waals surface area contributed by atoms with Crippen molar-refractivity contribution in [3.05, 3.63) is 42.0 Å². The molecule has 27 heavy (non-hydrogen) atoms. The van der Waals surface area contributed by atoms with E-state index in [9.17, 15) is 24.0 Å². The quantitative estimate of drug-likeness (QED) is 0.318. The zero-order valence-corrected chi connectivity index (χ0v) is 15.5. The lowest BCUT2D eigenvalue weighted by molar-refractivity contribution is -0.148. The number of benzene rings is 1. The second-order valence-electron chi connectivity index (χ2n) is 6.26. The van der Waals surface area contributed by atoms with Crippen LogP contribution in [-0.4, -0.2) is 43.1 Å². The number of carbonyl (C=O) groups is 5. The third kappa shape index (κ3) is 6.85. The molecule has 0 fully saturated rings. The molecule has 0 spiro atoms. The van der Waals surface area contributed by atoms with Gasteiger partial charge in [-0.05, 0) is 45.0 Å². The largest absolute Gasteiger partial charge is 0.466 e. The van der Waals surface area contributed by atoms with Gasteiger partial charge in [0.25, 0.3) is 5.91 Å². The van der Waals surface area contributed by atoms with Crippen LogP contribution in [-0.2, 0) is 28.7 Å². The fourth-order valence-electron chi connectivity index (χ4n) is 1.85. The van der Waals surface area contributed by atoms with Gasteiger partial charge in [0.15, 0.2) is 5.78 Å². The molecule has 0 aliphatic carbocycles. The van der Waals surface area contributed by atoms with Crippen LogP contribution in [0.25, 0.3) is 0 Å². The number of nitrogens with one attached hydrogen (secondary N) is 1. The van der Waals surface area contributed by atoms with Crippen molar-refractivity contribution in [1.82, 2.24) is 0 Å². The van der Waals surface area contributed by atoms with Crippen molar-refractivity contribution in [2.24, 2.45) is 5.41 Å². The molecule has 1 aromatic rings. The van der Waals surface area contributed by atoms with Gasteiger partial charge in [-0.25, -0.2) is 9.59 Å². The van der Waals surface area contributed by atoms with Gasteiger partial charge >= 0.3 is 11.9 Å². The van der Waals surface area contributed by atoms with E-state index in [-0.39, 0.29) is 12.4 Å². The molecule has 0 saturated heterocycles. The number of rotatable bonds is 8. The van der Waals surface area contributed by atoms with Crippen molar-refractivity contribution in [2.75, 3.05) is 19.0 Å². The van der Waals surface area contributed by atoms with E-state index in [0.29, 0.717) is 11.3 Å². The molecule has 0 aliphatic rings. The highest BCUT2D eigenvalue weighted by molar-refractivity contribution is 6.42. The lowest BCUT2D eigenvalue weighted by Gasteiger charge is -2.21. The number of amides is 1. The highest BCUT2D eigenvalue weighted by atomic mass is 16.5. The van der Waals surface area contributed by atoms with E-state index in [1.807, 2.05) is 0 Å². The first-order valence-corrected chi connectivity index (χ1v) is 7.96. The van der Waals surface area contributed by atoms with E-state index >= 15 is 0 Å². The van der Waals surface area contributed by atoms with Gasteiger partial charge in [-0.3, -0.25) is 14.4 Å². The zero-order chi connectivity index (χ0) is 20.6. The smallest absolute Gasteiger partial charge is 0.331 e. The Labute approximate surface area is 156 Å². The van der Waals surface area contributed by atoms with Crippen LogP contribution in [0.3, 0.4) is 0 Å². The summed E-state index contributed by atoms with van der Waals surface area (Å²) in [7, 11) is 1.16. The predicted octanol–water partition coefficient (Wildman–Crippen LogP) is 1.70. The number of ketones is 2. The van der Waals surface area contributed by atoms with Crippen LogP contribution in [0.5, 0.6) is 0 Å². The van der Waals surface area contributed by atoms with Gasteiger partial charge in [0.1, 0.15) is 6.61 Å². The summed E-state index contributed by atoms with van der Waals surface area (Å²) in [6, 6.07) is 6.07. The minimum Gasteiger partial charge on any atom is -0.466 e. The van der Waals surface area contributed by atoms with Gasteiger partial charge in [-0.2, -0.15) is 0 Å². The van der Waals surface area contributed by atoms with Crippen LogP contribution < -0.4 is 5.32 Å². The summed E-state index contributed by atoms with van der Waals surface area (Å²) in [5.41, 5.74) is -0.447. The normalized spacial score (nSPS) is 11.0. The van der Waals surface area contributed by atoms with Crippen LogP contribution in [0.1, 0.15) is 31.1 Å². The Balaban J connectivity index is 2.65. The summed E-state index contributed by atoms with van der Waals surface area (Å²) < 4.78 is 9.23. The minimum absolute atomic E-state index is 0.117. The lowest BCUT2D eigenvalue weighted by atomic mass is 9.88. The molecule has 0 aliphatic heterocycles. The Morgan fingerprint density at radius 2 is 1.56 bits per heavy atom. The molecule has 0 bridgehead atoms. The number of hydrogen-bond donors (Lipinski definition) is 1. The third-order valence-corrected chi connectivity index (χ3v) is 3.50. The van der Waals surface area contributed by atoms with Gasteiger partial charge in [0.2, 0.25) is 5.78 Å². The monoisotopic (exact) mass is 375 g/mol. The molecule has 8 heteroatoms. The molecule has 1 N–H and O–H groups in total. The number of anilines is 1. The summed E-state index contributed by atoms with van der Waals surface area (Å²) in [6.07, 6.45) is 1.75. The van der Waals surface area contributed by atoms with Gasteiger partial charge in [0, 0.05) is 23.4 Å². The Morgan fingerprint density at radius 3 is 2.07 bits per heavy atom. The van der Waals surface area contributed by atoms with Crippen molar-refractivity contribution < 1.29 is 33.4 Å². The molecule has 0 saturated carbocycles. The molecule has 0 heterocycles. The first-order chi connectivity index (χ1) is 12.6. The Morgan fingerprint density at radius 1 is 1.00 bits per heavy atom. The van der Waals surface area contributed by atoms with Crippen molar-refractivity contribution in [1.29, 1.82) is 0 Å². The molecule has 0 radical (unpaired) electrons. The lowest BCUT2D eigenvalue weighted by Crippen LogP contribution is -2.39. The molecule has 0 unspecified atom stereocenters. The van der Waals surface area contributed by atoms with Crippen LogP contribution in [0, 0.1) is 5.41 Å². The number of Topliss-reactive ketones (excluding diaryl/α,β-unsaturated/α-hetero) is 2. The minimum atomic E-state index is -1.28. The highest BCUT2D eigenvalue weighted by Gasteiger charge is 2.34. The van der Waals surface area contributed by atoms with E-state index in [1.54, 1.807) is 0 Å². The molecule has 0 aromatic heterocycles. The van der Waals surface area contributed by atoms with Gasteiger partial charge in [-0.1, -0.05) is 0 Å². The van der Waals surface area contributed by atoms with Crippen LogP contribution >= 0.6 is 0 Å². The number of methoxy groups -OCH3 is 1. The summed E-state index contributed by atoms with van der Waals surface area (Å²) in [6.45, 7) is 3.96. The average molecular weight is 375 g/mol. The maximum atomic E-state index is 12.3. The number of carbonyl (C=O) groups excluding carboxylic acids is 5. The summed E-state index contributed by atoms with van der Waals surface area (Å²) in [4.78, 5) is 58.1. The molecular weight excluding hydrogens is 354 g/mol. The zero-order valence-electron chi connectivity index (χ0n) is 15.5. The van der Waals surface area contributed by atoms with E-state index in [1.165, 1.54) is 45.0 Å². The molecule has 144 valence electrons. The topological polar surface area (TPSA) is 116 Å². The Kier molecular flexibility index (Phi) is 7.59. The SMILES string of the molecule is COC(=O)/C=C/C(=O)OCC(C)(C)C(=O)C(=O)Nc1ccc(C(C)=O)cc1. The van der Waals surface area contributed by atoms with Gasteiger partial charge < -0.3 is 14.8 Å². The second-order valence-corrected chi connectivity index (χ2v) is 6.26. The van der Waals surface area contributed by atoms with E-state index in [4.69, 9.17) is 4.74 Å². The summed E-state index contributed by atoms with van der Waals surface area (Å²) in [5.74, 6) is -3.35. The summed E-state index contributed by atoms with van der Waals surface area (Å²) >= 11 is 0. The maximum Gasteiger partial charge on any atom is 0.331 e. The van der Waals surface area contributed by atoms with Crippen LogP contribution in [0.2, 0.25) is 0 Å². The van der Waals surface area contributed by atoms with Crippen molar-refractivity contribution in [2.45, 2.75) is 20.8 Å². The molecule has 1 aromatic carbocycles. The second kappa shape index (κ2) is 9.42. The Hall–Kier alpha value is -3.29. The fourth-order valence-corrected chi connectivity index (χ4v) is 1.85. The Bertz CT molecular complexity index is 776. The molecule has 1 amide bonds. The predicted molar refractivity (Wildman–Crippen MR) is 96.0 cm³/mol. The number of esters is 2. The summed E-state index contributed by atoms with van der Waals surface area (Å²) in [5, 5.41) is 2.43. The molecule has 1 rings (SSSR count). The maximum absolute atomic E-state index is 12.3.